The van der Waals surface area contributed by atoms with Crippen LogP contribution in [0.15, 0.2) is 35.5 Å². The number of rotatable bonds is 5. The summed E-state index contributed by atoms with van der Waals surface area (Å²) in [5, 5.41) is 13.3. The van der Waals surface area contributed by atoms with Gasteiger partial charge in [0.05, 0.1) is 21.0 Å². The average Bonchev–Trinajstić information content (AvgIpc) is 3.13. The number of carboxylic acids is 1. The fraction of sp³-hybridized carbons (Fsp3) is 0.0667. The summed E-state index contributed by atoms with van der Waals surface area (Å²) in [6.07, 6.45) is 1.75. The lowest BCUT2D eigenvalue weighted by molar-refractivity contribution is 0.0697. The predicted molar refractivity (Wildman–Crippen MR) is 100 cm³/mol. The zero-order valence-electron chi connectivity index (χ0n) is 13.1. The largest absolute Gasteiger partial charge is 0.478 e. The Labute approximate surface area is 150 Å². The Balaban J connectivity index is 1.79. The zero-order valence-corrected chi connectivity index (χ0v) is 14.7. The first kappa shape index (κ1) is 16.9. The van der Waals surface area contributed by atoms with Gasteiger partial charge in [-0.15, -0.1) is 0 Å². The van der Waals surface area contributed by atoms with Crippen molar-refractivity contribution in [1.82, 2.24) is 9.97 Å². The summed E-state index contributed by atoms with van der Waals surface area (Å²) in [6, 6.07) is 6.46. The molecule has 3 aromatic rings. The predicted octanol–water partition coefficient (Wildman–Crippen LogP) is 2.92. The highest BCUT2D eigenvalue weighted by Gasteiger charge is 2.13. The van der Waals surface area contributed by atoms with Gasteiger partial charge < -0.3 is 21.9 Å². The number of anilines is 2. The lowest BCUT2D eigenvalue weighted by Crippen LogP contribution is -2.21. The van der Waals surface area contributed by atoms with Crippen molar-refractivity contribution in [3.8, 4) is 9.75 Å². The first-order valence-electron chi connectivity index (χ1n) is 7.06. The number of hydrogen-bond donors (Lipinski definition) is 4. The van der Waals surface area contributed by atoms with Gasteiger partial charge in [0.2, 0.25) is 5.13 Å². The van der Waals surface area contributed by atoms with Crippen LogP contribution in [0.5, 0.6) is 0 Å². The summed E-state index contributed by atoms with van der Waals surface area (Å²) < 4.78 is 0. The maximum absolute atomic E-state index is 10.9. The van der Waals surface area contributed by atoms with Crippen LogP contribution >= 0.6 is 22.7 Å². The number of benzene rings is 1. The molecule has 8 nitrogen and oxygen atoms in total. The fourth-order valence-electron chi connectivity index (χ4n) is 2.03. The molecule has 10 heteroatoms. The summed E-state index contributed by atoms with van der Waals surface area (Å²) in [7, 11) is 0. The molecule has 3 rings (SSSR count). The second kappa shape index (κ2) is 6.87. The monoisotopic (exact) mass is 374 g/mol. The number of carbonyl (C=O) groups is 1. The van der Waals surface area contributed by atoms with Gasteiger partial charge in [-0.25, -0.2) is 14.8 Å². The molecule has 0 saturated heterocycles. The number of aliphatic imine (C=N–C) groups is 1. The lowest BCUT2D eigenvalue weighted by atomic mass is 10.2. The number of hydrogen-bond acceptors (Lipinski definition) is 7. The van der Waals surface area contributed by atoms with Crippen LogP contribution in [0.3, 0.4) is 0 Å². The van der Waals surface area contributed by atoms with E-state index < -0.39 is 5.97 Å². The van der Waals surface area contributed by atoms with Crippen molar-refractivity contribution in [3.63, 3.8) is 0 Å². The molecule has 0 amide bonds. The van der Waals surface area contributed by atoms with E-state index in [9.17, 15) is 4.79 Å². The third-order valence-electron chi connectivity index (χ3n) is 3.12. The van der Waals surface area contributed by atoms with E-state index in [-0.39, 0.29) is 11.5 Å². The van der Waals surface area contributed by atoms with Crippen LogP contribution in [0.1, 0.15) is 16.1 Å². The molecule has 0 aliphatic rings. The second-order valence-electron chi connectivity index (χ2n) is 4.98. The minimum atomic E-state index is -0.958. The molecule has 6 N–H and O–H groups in total. The Kier molecular flexibility index (Phi) is 4.63. The van der Waals surface area contributed by atoms with E-state index in [1.165, 1.54) is 34.8 Å². The molecule has 0 aliphatic carbocycles. The van der Waals surface area contributed by atoms with Crippen molar-refractivity contribution in [3.05, 3.63) is 41.7 Å². The molecule has 0 bridgehead atoms. The molecule has 0 saturated carbocycles. The SMILES string of the molecule is Cc1nc(N=C(N)N)sc1-c1cnc(Nc2ccc(C(=O)O)cc2)s1. The molecular weight excluding hydrogens is 360 g/mol. The molecule has 0 radical (unpaired) electrons. The summed E-state index contributed by atoms with van der Waals surface area (Å²) in [5.74, 6) is -0.989. The lowest BCUT2D eigenvalue weighted by Gasteiger charge is -2.02. The number of aromatic carboxylic acids is 1. The smallest absolute Gasteiger partial charge is 0.335 e. The van der Waals surface area contributed by atoms with Crippen LogP contribution in [0, 0.1) is 6.92 Å². The Morgan fingerprint density at radius 2 is 1.96 bits per heavy atom. The Hall–Kier alpha value is -2.98. The number of carboxylic acid groups (broad SMARTS) is 1. The van der Waals surface area contributed by atoms with E-state index in [1.54, 1.807) is 18.3 Å². The number of thiazole rings is 2. The third kappa shape index (κ3) is 3.92. The van der Waals surface area contributed by atoms with Gasteiger partial charge in [-0.3, -0.25) is 0 Å². The Morgan fingerprint density at radius 3 is 2.60 bits per heavy atom. The van der Waals surface area contributed by atoms with Gasteiger partial charge in [-0.2, -0.15) is 4.99 Å². The Morgan fingerprint density at radius 1 is 1.24 bits per heavy atom. The molecule has 0 fully saturated rings. The summed E-state index contributed by atoms with van der Waals surface area (Å²) in [5.41, 5.74) is 12.6. The van der Waals surface area contributed by atoms with Gasteiger partial charge in [-0.05, 0) is 31.2 Å². The number of nitrogens with one attached hydrogen (secondary N) is 1. The molecule has 25 heavy (non-hydrogen) atoms. The summed E-state index contributed by atoms with van der Waals surface area (Å²) in [4.78, 5) is 25.4. The topological polar surface area (TPSA) is 140 Å². The van der Waals surface area contributed by atoms with Gasteiger partial charge in [-0.1, -0.05) is 22.7 Å². The van der Waals surface area contributed by atoms with E-state index >= 15 is 0 Å². The minimum absolute atomic E-state index is 0.0308. The highest BCUT2D eigenvalue weighted by atomic mass is 32.1. The molecule has 2 aromatic heterocycles. The molecule has 2 heterocycles. The van der Waals surface area contributed by atoms with Gasteiger partial charge in [0.15, 0.2) is 11.1 Å². The molecule has 0 unspecified atom stereocenters. The van der Waals surface area contributed by atoms with Crippen molar-refractivity contribution in [2.45, 2.75) is 6.92 Å². The van der Waals surface area contributed by atoms with E-state index in [0.717, 1.165) is 21.1 Å². The van der Waals surface area contributed by atoms with Crippen molar-refractivity contribution in [2.75, 3.05) is 5.32 Å². The molecule has 1 aromatic carbocycles. The summed E-state index contributed by atoms with van der Waals surface area (Å²) >= 11 is 2.84. The first-order valence-corrected chi connectivity index (χ1v) is 8.69. The number of guanidine groups is 1. The second-order valence-corrected chi connectivity index (χ2v) is 6.99. The maximum atomic E-state index is 10.9. The van der Waals surface area contributed by atoms with Crippen molar-refractivity contribution >= 4 is 50.6 Å². The highest BCUT2D eigenvalue weighted by Crippen LogP contribution is 2.38. The van der Waals surface area contributed by atoms with Crippen LogP contribution in [0.2, 0.25) is 0 Å². The first-order chi connectivity index (χ1) is 11.9. The van der Waals surface area contributed by atoms with Gasteiger partial charge >= 0.3 is 5.97 Å². The summed E-state index contributed by atoms with van der Waals surface area (Å²) in [6.45, 7) is 1.88. The van der Waals surface area contributed by atoms with Crippen molar-refractivity contribution < 1.29 is 9.90 Å². The minimum Gasteiger partial charge on any atom is -0.478 e. The standard InChI is InChI=1S/C15H14N6O2S2/c1-7-11(25-15(19-7)21-13(16)17)10-6-18-14(24-10)20-9-4-2-8(3-5-9)12(22)23/h2-6H,1H3,(H,18,20)(H,22,23)(H4,16,17,19,21). The van der Waals surface area contributed by atoms with Gasteiger partial charge in [0.25, 0.3) is 0 Å². The Bertz CT molecular complexity index is 941. The van der Waals surface area contributed by atoms with Crippen LogP contribution in [0.4, 0.5) is 16.0 Å². The zero-order chi connectivity index (χ0) is 18.0. The molecule has 128 valence electrons. The number of aromatic nitrogens is 2. The highest BCUT2D eigenvalue weighted by molar-refractivity contribution is 7.25. The van der Waals surface area contributed by atoms with Crippen LogP contribution < -0.4 is 16.8 Å². The van der Waals surface area contributed by atoms with E-state index in [4.69, 9.17) is 16.6 Å². The van der Waals surface area contributed by atoms with Crippen LogP contribution in [0.25, 0.3) is 9.75 Å². The molecular formula is C15H14N6O2S2. The number of nitrogens with two attached hydrogens (primary N) is 2. The van der Waals surface area contributed by atoms with Gasteiger partial charge in [0, 0.05) is 11.9 Å². The fourth-order valence-corrected chi connectivity index (χ4v) is 3.97. The van der Waals surface area contributed by atoms with Crippen molar-refractivity contribution in [1.29, 1.82) is 0 Å². The normalized spacial score (nSPS) is 10.4. The number of aryl methyl sites for hydroxylation is 1. The van der Waals surface area contributed by atoms with E-state index in [0.29, 0.717) is 10.3 Å². The third-order valence-corrected chi connectivity index (χ3v) is 5.27. The van der Waals surface area contributed by atoms with Gasteiger partial charge in [0.1, 0.15) is 0 Å². The number of nitrogens with zero attached hydrogens (tertiary/aromatic N) is 3. The average molecular weight is 374 g/mol. The molecule has 0 spiro atoms. The van der Waals surface area contributed by atoms with Crippen LogP contribution in [-0.4, -0.2) is 27.0 Å². The molecule has 0 aliphatic heterocycles. The van der Waals surface area contributed by atoms with Crippen molar-refractivity contribution in [2.24, 2.45) is 16.5 Å². The van der Waals surface area contributed by atoms with E-state index in [2.05, 4.69) is 20.3 Å². The van der Waals surface area contributed by atoms with E-state index in [1.807, 2.05) is 6.92 Å². The quantitative estimate of drug-likeness (QED) is 0.397. The van der Waals surface area contributed by atoms with Crippen LogP contribution in [-0.2, 0) is 0 Å². The maximum Gasteiger partial charge on any atom is 0.335 e. The molecule has 0 atom stereocenters.